The minimum absolute atomic E-state index is 0.0355. The quantitative estimate of drug-likeness (QED) is 0.494. The highest BCUT2D eigenvalue weighted by Gasteiger charge is 2.10. The molecule has 0 saturated heterocycles. The van der Waals surface area contributed by atoms with E-state index in [0.717, 1.165) is 0 Å². The van der Waals surface area contributed by atoms with E-state index < -0.39 is 0 Å². The van der Waals surface area contributed by atoms with Crippen molar-refractivity contribution in [2.45, 2.75) is 13.0 Å². The fourth-order valence-electron chi connectivity index (χ4n) is 0.913. The van der Waals surface area contributed by atoms with Crippen molar-refractivity contribution in [3.05, 3.63) is 24.3 Å². The van der Waals surface area contributed by atoms with Crippen LogP contribution < -0.4 is 5.32 Å². The molecule has 0 saturated carbocycles. The molecule has 1 aliphatic heterocycles. The Morgan fingerprint density at radius 1 is 1.83 bits per heavy atom. The molecule has 12 heavy (non-hydrogen) atoms. The Bertz CT molecular complexity index is 221. The van der Waals surface area contributed by atoms with Gasteiger partial charge in [0.1, 0.15) is 0 Å². The van der Waals surface area contributed by atoms with Gasteiger partial charge in [0.2, 0.25) is 5.91 Å². The molecule has 1 aliphatic rings. The Balaban J connectivity index is 2.21. The summed E-state index contributed by atoms with van der Waals surface area (Å²) in [4.78, 5) is 11.0. The molecule has 0 aromatic rings. The van der Waals surface area contributed by atoms with Gasteiger partial charge in [-0.3, -0.25) is 4.79 Å². The average molecular weight is 167 g/mol. The normalized spacial score (nSPS) is 20.9. The summed E-state index contributed by atoms with van der Waals surface area (Å²) in [6, 6.07) is 0. The first kappa shape index (κ1) is 9.00. The molecule has 1 heterocycles. The van der Waals surface area contributed by atoms with E-state index in [1.165, 1.54) is 0 Å². The van der Waals surface area contributed by atoms with Crippen LogP contribution in [-0.4, -0.2) is 25.2 Å². The molecule has 0 aromatic heterocycles. The van der Waals surface area contributed by atoms with E-state index in [-0.39, 0.29) is 12.0 Å². The Morgan fingerprint density at radius 2 is 2.58 bits per heavy atom. The van der Waals surface area contributed by atoms with Gasteiger partial charge in [0.25, 0.3) is 0 Å². The van der Waals surface area contributed by atoms with Crippen LogP contribution in [0.4, 0.5) is 0 Å². The van der Waals surface area contributed by atoms with Crippen molar-refractivity contribution in [1.82, 2.24) is 5.32 Å². The van der Waals surface area contributed by atoms with Crippen molar-refractivity contribution in [2.24, 2.45) is 0 Å². The SMILES string of the molecule is C=C(C)C(=O)NCC1C=CCO1. The molecule has 1 atom stereocenters. The molecule has 0 bridgehead atoms. The van der Waals surface area contributed by atoms with E-state index >= 15 is 0 Å². The number of ether oxygens (including phenoxy) is 1. The van der Waals surface area contributed by atoms with E-state index in [4.69, 9.17) is 4.74 Å². The second-order valence-corrected chi connectivity index (χ2v) is 2.79. The lowest BCUT2D eigenvalue weighted by molar-refractivity contribution is -0.117. The van der Waals surface area contributed by atoms with Crippen LogP contribution in [0.3, 0.4) is 0 Å². The van der Waals surface area contributed by atoms with Crippen LogP contribution in [0.1, 0.15) is 6.92 Å². The second kappa shape index (κ2) is 4.07. The van der Waals surface area contributed by atoms with Gasteiger partial charge in [0.15, 0.2) is 0 Å². The molecule has 1 N–H and O–H groups in total. The summed E-state index contributed by atoms with van der Waals surface area (Å²) in [6.45, 7) is 6.39. The lowest BCUT2D eigenvalue weighted by atomic mass is 10.3. The molecule has 0 fully saturated rings. The molecule has 0 aliphatic carbocycles. The lowest BCUT2D eigenvalue weighted by Crippen LogP contribution is -2.31. The zero-order valence-corrected chi connectivity index (χ0v) is 7.17. The highest BCUT2D eigenvalue weighted by molar-refractivity contribution is 5.92. The maximum Gasteiger partial charge on any atom is 0.246 e. The first-order valence-corrected chi connectivity index (χ1v) is 3.92. The molecule has 0 aromatic carbocycles. The standard InChI is InChI=1S/C9H13NO2/c1-7(2)9(11)10-6-8-4-3-5-12-8/h3-4,8H,1,5-6H2,2H3,(H,10,11). The van der Waals surface area contributed by atoms with Gasteiger partial charge >= 0.3 is 0 Å². The molecular formula is C9H13NO2. The summed E-state index contributed by atoms with van der Waals surface area (Å²) < 4.78 is 5.23. The van der Waals surface area contributed by atoms with Crippen molar-refractivity contribution in [3.8, 4) is 0 Å². The molecule has 1 amide bonds. The van der Waals surface area contributed by atoms with Gasteiger partial charge in [-0.2, -0.15) is 0 Å². The molecule has 3 heteroatoms. The Morgan fingerprint density at radius 3 is 3.08 bits per heavy atom. The van der Waals surface area contributed by atoms with Gasteiger partial charge in [-0.15, -0.1) is 0 Å². The fourth-order valence-corrected chi connectivity index (χ4v) is 0.913. The zero-order chi connectivity index (χ0) is 8.97. The van der Waals surface area contributed by atoms with Gasteiger partial charge < -0.3 is 10.1 Å². The highest BCUT2D eigenvalue weighted by atomic mass is 16.5. The van der Waals surface area contributed by atoms with E-state index in [2.05, 4.69) is 11.9 Å². The van der Waals surface area contributed by atoms with E-state index in [9.17, 15) is 4.79 Å². The maximum atomic E-state index is 11.0. The molecule has 1 unspecified atom stereocenters. The number of hydrogen-bond acceptors (Lipinski definition) is 2. The number of rotatable bonds is 3. The highest BCUT2D eigenvalue weighted by Crippen LogP contribution is 2.01. The predicted octanol–water partition coefficient (Wildman–Crippen LogP) is 0.634. The maximum absolute atomic E-state index is 11.0. The van der Waals surface area contributed by atoms with Crippen LogP contribution in [0, 0.1) is 0 Å². The molecule has 66 valence electrons. The van der Waals surface area contributed by atoms with Crippen molar-refractivity contribution in [3.63, 3.8) is 0 Å². The molecule has 0 spiro atoms. The topological polar surface area (TPSA) is 38.3 Å². The monoisotopic (exact) mass is 167 g/mol. The summed E-state index contributed by atoms with van der Waals surface area (Å²) >= 11 is 0. The first-order valence-electron chi connectivity index (χ1n) is 3.92. The smallest absolute Gasteiger partial charge is 0.246 e. The van der Waals surface area contributed by atoms with E-state index in [1.54, 1.807) is 6.92 Å². The third kappa shape index (κ3) is 2.51. The van der Waals surface area contributed by atoms with Crippen LogP contribution in [0.15, 0.2) is 24.3 Å². The molecule has 0 radical (unpaired) electrons. The number of amides is 1. The largest absolute Gasteiger partial charge is 0.368 e. The second-order valence-electron chi connectivity index (χ2n) is 2.79. The third-order valence-corrected chi connectivity index (χ3v) is 1.61. The van der Waals surface area contributed by atoms with Gasteiger partial charge in [0.05, 0.1) is 12.7 Å². The molecular weight excluding hydrogens is 154 g/mol. The Labute approximate surface area is 72.1 Å². The predicted molar refractivity (Wildman–Crippen MR) is 46.7 cm³/mol. The van der Waals surface area contributed by atoms with Crippen LogP contribution in [0.2, 0.25) is 0 Å². The lowest BCUT2D eigenvalue weighted by Gasteiger charge is -2.09. The minimum Gasteiger partial charge on any atom is -0.368 e. The number of carbonyl (C=O) groups excluding carboxylic acids is 1. The fraction of sp³-hybridized carbons (Fsp3) is 0.444. The van der Waals surface area contributed by atoms with Gasteiger partial charge in [0, 0.05) is 12.1 Å². The summed E-state index contributed by atoms with van der Waals surface area (Å²) in [5.74, 6) is -0.112. The van der Waals surface area contributed by atoms with Crippen LogP contribution in [0.25, 0.3) is 0 Å². The van der Waals surface area contributed by atoms with Gasteiger partial charge in [-0.25, -0.2) is 0 Å². The van der Waals surface area contributed by atoms with E-state index in [1.807, 2.05) is 12.2 Å². The van der Waals surface area contributed by atoms with Gasteiger partial charge in [-0.1, -0.05) is 18.7 Å². The van der Waals surface area contributed by atoms with E-state index in [0.29, 0.717) is 18.7 Å². The first-order chi connectivity index (χ1) is 5.70. The van der Waals surface area contributed by atoms with Crippen molar-refractivity contribution >= 4 is 5.91 Å². The summed E-state index contributed by atoms with van der Waals surface area (Å²) in [6.07, 6.45) is 3.92. The van der Waals surface area contributed by atoms with Crippen molar-refractivity contribution in [1.29, 1.82) is 0 Å². The molecule has 1 rings (SSSR count). The third-order valence-electron chi connectivity index (χ3n) is 1.61. The van der Waals surface area contributed by atoms with Crippen LogP contribution in [0.5, 0.6) is 0 Å². The van der Waals surface area contributed by atoms with Crippen LogP contribution >= 0.6 is 0 Å². The molecule has 3 nitrogen and oxygen atoms in total. The Kier molecular flexibility index (Phi) is 3.05. The zero-order valence-electron chi connectivity index (χ0n) is 7.17. The van der Waals surface area contributed by atoms with Crippen molar-refractivity contribution in [2.75, 3.05) is 13.2 Å². The Hall–Kier alpha value is -1.09. The van der Waals surface area contributed by atoms with Gasteiger partial charge in [-0.05, 0) is 6.92 Å². The summed E-state index contributed by atoms with van der Waals surface area (Å²) in [5.41, 5.74) is 0.525. The summed E-state index contributed by atoms with van der Waals surface area (Å²) in [5, 5.41) is 2.71. The number of hydrogen-bond donors (Lipinski definition) is 1. The number of nitrogens with one attached hydrogen (secondary N) is 1. The van der Waals surface area contributed by atoms with Crippen molar-refractivity contribution < 1.29 is 9.53 Å². The van der Waals surface area contributed by atoms with Crippen LogP contribution in [-0.2, 0) is 9.53 Å². The number of carbonyl (C=O) groups is 1. The average Bonchev–Trinajstić information content (AvgIpc) is 2.51. The minimum atomic E-state index is -0.112. The summed E-state index contributed by atoms with van der Waals surface area (Å²) in [7, 11) is 0.